The standard InChI is InChI=1S/C15H25NO2/c1-6-18-15(3,4)11-16-12(2)13-8-7-9-14(10-13)17-5/h7-10,12,16H,6,11H2,1-5H3. The molecule has 0 saturated heterocycles. The van der Waals surface area contributed by atoms with Crippen molar-refractivity contribution in [3.05, 3.63) is 29.8 Å². The molecule has 1 unspecified atom stereocenters. The molecule has 0 saturated carbocycles. The van der Waals surface area contributed by atoms with Gasteiger partial charge in [-0.3, -0.25) is 0 Å². The lowest BCUT2D eigenvalue weighted by atomic mass is 10.1. The first-order chi connectivity index (χ1) is 8.48. The fourth-order valence-corrected chi connectivity index (χ4v) is 1.87. The van der Waals surface area contributed by atoms with Gasteiger partial charge in [0.05, 0.1) is 12.7 Å². The first kappa shape index (κ1) is 15.0. The molecule has 0 aliphatic rings. The van der Waals surface area contributed by atoms with Gasteiger partial charge in [0.1, 0.15) is 5.75 Å². The molecule has 0 heterocycles. The van der Waals surface area contributed by atoms with Crippen molar-refractivity contribution in [1.82, 2.24) is 5.32 Å². The third kappa shape index (κ3) is 4.67. The molecule has 0 spiro atoms. The van der Waals surface area contributed by atoms with Crippen LogP contribution in [0.5, 0.6) is 5.75 Å². The van der Waals surface area contributed by atoms with E-state index in [1.807, 2.05) is 19.1 Å². The first-order valence-corrected chi connectivity index (χ1v) is 6.50. The molecule has 1 N–H and O–H groups in total. The molecule has 0 radical (unpaired) electrons. The minimum Gasteiger partial charge on any atom is -0.497 e. The van der Waals surface area contributed by atoms with E-state index in [2.05, 4.69) is 38.2 Å². The summed E-state index contributed by atoms with van der Waals surface area (Å²) in [5, 5.41) is 3.49. The number of hydrogen-bond acceptors (Lipinski definition) is 3. The summed E-state index contributed by atoms with van der Waals surface area (Å²) in [6.07, 6.45) is 0. The second kappa shape index (κ2) is 6.76. The number of nitrogens with one attached hydrogen (secondary N) is 1. The number of hydrogen-bond donors (Lipinski definition) is 1. The molecule has 1 aromatic carbocycles. The zero-order valence-corrected chi connectivity index (χ0v) is 12.1. The maximum Gasteiger partial charge on any atom is 0.119 e. The van der Waals surface area contributed by atoms with Gasteiger partial charge in [0.25, 0.3) is 0 Å². The lowest BCUT2D eigenvalue weighted by Gasteiger charge is -2.27. The summed E-state index contributed by atoms with van der Waals surface area (Å²) in [6.45, 7) is 9.93. The Morgan fingerprint density at radius 3 is 2.67 bits per heavy atom. The highest BCUT2D eigenvalue weighted by Crippen LogP contribution is 2.19. The van der Waals surface area contributed by atoms with Gasteiger partial charge >= 0.3 is 0 Å². The smallest absolute Gasteiger partial charge is 0.119 e. The average Bonchev–Trinajstić information content (AvgIpc) is 2.36. The van der Waals surface area contributed by atoms with Crippen LogP contribution in [0.4, 0.5) is 0 Å². The minimum absolute atomic E-state index is 0.137. The molecule has 18 heavy (non-hydrogen) atoms. The lowest BCUT2D eigenvalue weighted by molar-refractivity contribution is -0.0103. The summed E-state index contributed by atoms with van der Waals surface area (Å²) in [7, 11) is 1.69. The second-order valence-electron chi connectivity index (χ2n) is 5.07. The largest absolute Gasteiger partial charge is 0.497 e. The van der Waals surface area contributed by atoms with Crippen molar-refractivity contribution in [3.8, 4) is 5.75 Å². The molecule has 0 aliphatic heterocycles. The molecule has 102 valence electrons. The fourth-order valence-electron chi connectivity index (χ4n) is 1.87. The van der Waals surface area contributed by atoms with E-state index in [-0.39, 0.29) is 11.6 Å². The summed E-state index contributed by atoms with van der Waals surface area (Å²) >= 11 is 0. The van der Waals surface area contributed by atoms with Crippen molar-refractivity contribution >= 4 is 0 Å². The Labute approximate surface area is 110 Å². The van der Waals surface area contributed by atoms with Crippen molar-refractivity contribution in [2.24, 2.45) is 0 Å². The van der Waals surface area contributed by atoms with Crippen LogP contribution in [0.15, 0.2) is 24.3 Å². The van der Waals surface area contributed by atoms with Crippen LogP contribution in [0.25, 0.3) is 0 Å². The van der Waals surface area contributed by atoms with Gasteiger partial charge in [0, 0.05) is 19.2 Å². The van der Waals surface area contributed by atoms with Crippen LogP contribution in [0.2, 0.25) is 0 Å². The summed E-state index contributed by atoms with van der Waals surface area (Å²) in [4.78, 5) is 0. The molecule has 3 heteroatoms. The Bertz CT molecular complexity index is 363. The topological polar surface area (TPSA) is 30.5 Å². The zero-order valence-electron chi connectivity index (χ0n) is 12.1. The predicted molar refractivity (Wildman–Crippen MR) is 75.1 cm³/mol. The Hall–Kier alpha value is -1.06. The van der Waals surface area contributed by atoms with Crippen LogP contribution in [0.3, 0.4) is 0 Å². The molecular weight excluding hydrogens is 226 g/mol. The van der Waals surface area contributed by atoms with E-state index in [4.69, 9.17) is 9.47 Å². The van der Waals surface area contributed by atoms with Crippen LogP contribution >= 0.6 is 0 Å². The Balaban J connectivity index is 2.56. The lowest BCUT2D eigenvalue weighted by Crippen LogP contribution is -2.38. The second-order valence-corrected chi connectivity index (χ2v) is 5.07. The Kier molecular flexibility index (Phi) is 5.63. The summed E-state index contributed by atoms with van der Waals surface area (Å²) < 4.78 is 10.9. The van der Waals surface area contributed by atoms with Gasteiger partial charge in [-0.05, 0) is 45.4 Å². The zero-order chi connectivity index (χ0) is 13.6. The third-order valence-corrected chi connectivity index (χ3v) is 2.96. The van der Waals surface area contributed by atoms with Crippen molar-refractivity contribution < 1.29 is 9.47 Å². The highest BCUT2D eigenvalue weighted by molar-refractivity contribution is 5.30. The van der Waals surface area contributed by atoms with E-state index in [0.29, 0.717) is 0 Å². The molecule has 1 rings (SSSR count). The third-order valence-electron chi connectivity index (χ3n) is 2.96. The van der Waals surface area contributed by atoms with Crippen LogP contribution in [0.1, 0.15) is 39.3 Å². The van der Waals surface area contributed by atoms with Gasteiger partial charge in [-0.25, -0.2) is 0 Å². The molecule has 3 nitrogen and oxygen atoms in total. The normalized spacial score (nSPS) is 13.4. The van der Waals surface area contributed by atoms with Crippen molar-refractivity contribution in [3.63, 3.8) is 0 Å². The molecule has 0 bridgehead atoms. The van der Waals surface area contributed by atoms with Crippen LogP contribution in [-0.4, -0.2) is 25.9 Å². The predicted octanol–water partition coefficient (Wildman–Crippen LogP) is 3.16. The molecule has 0 aliphatic carbocycles. The summed E-state index contributed by atoms with van der Waals surface area (Å²) in [5.41, 5.74) is 1.09. The number of ether oxygens (including phenoxy) is 2. The van der Waals surface area contributed by atoms with Gasteiger partial charge in [0.15, 0.2) is 0 Å². The monoisotopic (exact) mass is 251 g/mol. The molecular formula is C15H25NO2. The fraction of sp³-hybridized carbons (Fsp3) is 0.600. The van der Waals surface area contributed by atoms with Crippen molar-refractivity contribution in [1.29, 1.82) is 0 Å². The Morgan fingerprint density at radius 1 is 1.33 bits per heavy atom. The maximum atomic E-state index is 5.67. The molecule has 0 fully saturated rings. The van der Waals surface area contributed by atoms with Gasteiger partial charge < -0.3 is 14.8 Å². The number of rotatable bonds is 7. The van der Waals surface area contributed by atoms with Gasteiger partial charge in [-0.2, -0.15) is 0 Å². The van der Waals surface area contributed by atoms with Crippen LogP contribution < -0.4 is 10.1 Å². The summed E-state index contributed by atoms with van der Waals surface area (Å²) in [5.74, 6) is 0.894. The van der Waals surface area contributed by atoms with Gasteiger partial charge in [0.2, 0.25) is 0 Å². The van der Waals surface area contributed by atoms with E-state index in [0.717, 1.165) is 18.9 Å². The van der Waals surface area contributed by atoms with E-state index in [1.165, 1.54) is 5.56 Å². The number of methoxy groups -OCH3 is 1. The van der Waals surface area contributed by atoms with Gasteiger partial charge in [-0.1, -0.05) is 12.1 Å². The van der Waals surface area contributed by atoms with E-state index < -0.39 is 0 Å². The maximum absolute atomic E-state index is 5.67. The van der Waals surface area contributed by atoms with Crippen LogP contribution in [0, 0.1) is 0 Å². The summed E-state index contributed by atoms with van der Waals surface area (Å²) in [6, 6.07) is 8.42. The molecule has 0 amide bonds. The highest BCUT2D eigenvalue weighted by Gasteiger charge is 2.18. The van der Waals surface area contributed by atoms with Crippen molar-refractivity contribution in [2.75, 3.05) is 20.3 Å². The Morgan fingerprint density at radius 2 is 2.06 bits per heavy atom. The number of benzene rings is 1. The van der Waals surface area contributed by atoms with E-state index in [1.54, 1.807) is 7.11 Å². The average molecular weight is 251 g/mol. The quantitative estimate of drug-likeness (QED) is 0.807. The van der Waals surface area contributed by atoms with E-state index >= 15 is 0 Å². The van der Waals surface area contributed by atoms with Crippen LogP contribution in [-0.2, 0) is 4.74 Å². The molecule has 1 atom stereocenters. The molecule has 1 aromatic rings. The first-order valence-electron chi connectivity index (χ1n) is 6.50. The molecule has 0 aromatic heterocycles. The van der Waals surface area contributed by atoms with Gasteiger partial charge in [-0.15, -0.1) is 0 Å². The van der Waals surface area contributed by atoms with E-state index in [9.17, 15) is 0 Å². The highest BCUT2D eigenvalue weighted by atomic mass is 16.5. The van der Waals surface area contributed by atoms with Crippen molar-refractivity contribution in [2.45, 2.75) is 39.3 Å². The SMILES string of the molecule is CCOC(C)(C)CNC(C)c1cccc(OC)c1. The minimum atomic E-state index is -0.137.